The Morgan fingerprint density at radius 3 is 2.79 bits per heavy atom. The van der Waals surface area contributed by atoms with Crippen molar-refractivity contribution >= 4 is 5.71 Å². The molecule has 1 atom stereocenters. The molecule has 0 aromatic carbocycles. The van der Waals surface area contributed by atoms with Crippen molar-refractivity contribution in [2.45, 2.75) is 45.2 Å². The maximum Gasteiger partial charge on any atom is 0.278 e. The Morgan fingerprint density at radius 2 is 2.17 bits per heavy atom. The Morgan fingerprint density at radius 1 is 1.41 bits per heavy atom. The molecule has 5 nitrogen and oxygen atoms in total. The van der Waals surface area contributed by atoms with Gasteiger partial charge in [0.1, 0.15) is 0 Å². The molecule has 0 saturated heterocycles. The van der Waals surface area contributed by atoms with Crippen LogP contribution in [0, 0.1) is 12.8 Å². The number of aryl methyl sites for hydroxylation is 1. The van der Waals surface area contributed by atoms with E-state index in [9.17, 15) is 8.78 Å². The predicted octanol–water partition coefficient (Wildman–Crippen LogP) is 3.92. The van der Waals surface area contributed by atoms with Gasteiger partial charge in [-0.25, -0.2) is 13.8 Å². The minimum atomic E-state index is -2.89. The third-order valence-electron chi connectivity index (χ3n) is 4.89. The zero-order chi connectivity index (χ0) is 21.0. The molecule has 3 rings (SSSR count). The van der Waals surface area contributed by atoms with Gasteiger partial charge in [-0.1, -0.05) is 6.58 Å². The Kier molecular flexibility index (Phi) is 6.47. The summed E-state index contributed by atoms with van der Waals surface area (Å²) >= 11 is 0. The third kappa shape index (κ3) is 5.73. The van der Waals surface area contributed by atoms with Gasteiger partial charge in [-0.3, -0.25) is 4.99 Å². The van der Waals surface area contributed by atoms with Gasteiger partial charge in [0.05, 0.1) is 11.8 Å². The normalized spacial score (nSPS) is 20.5. The second kappa shape index (κ2) is 8.86. The molecule has 2 heterocycles. The van der Waals surface area contributed by atoms with E-state index in [4.69, 9.17) is 4.74 Å². The number of halogens is 2. The van der Waals surface area contributed by atoms with Crippen LogP contribution in [0.5, 0.6) is 5.88 Å². The molecule has 1 aliphatic carbocycles. The molecule has 0 amide bonds. The van der Waals surface area contributed by atoms with E-state index in [1.165, 1.54) is 12.8 Å². The second-order valence-electron chi connectivity index (χ2n) is 7.69. The number of nitrogens with one attached hydrogen (secondary N) is 2. The van der Waals surface area contributed by atoms with Gasteiger partial charge in [-0.2, -0.15) is 0 Å². The highest BCUT2D eigenvalue weighted by Gasteiger charge is 2.31. The van der Waals surface area contributed by atoms with E-state index in [-0.39, 0.29) is 11.9 Å². The number of nitrogens with zero attached hydrogens (tertiary/aromatic N) is 2. The van der Waals surface area contributed by atoms with Crippen molar-refractivity contribution in [3.8, 4) is 5.88 Å². The first-order valence-corrected chi connectivity index (χ1v) is 9.79. The zero-order valence-electron chi connectivity index (χ0n) is 17.1. The van der Waals surface area contributed by atoms with Crippen LogP contribution in [0.2, 0.25) is 0 Å². The van der Waals surface area contributed by atoms with Crippen molar-refractivity contribution < 1.29 is 13.5 Å². The van der Waals surface area contributed by atoms with E-state index < -0.39 is 12.5 Å². The minimum Gasteiger partial charge on any atom is -0.471 e. The lowest BCUT2D eigenvalue weighted by molar-refractivity contribution is -0.0244. The van der Waals surface area contributed by atoms with Crippen LogP contribution >= 0.6 is 0 Å². The van der Waals surface area contributed by atoms with E-state index in [0.717, 1.165) is 34.9 Å². The number of hydrogen-bond donors (Lipinski definition) is 2. The molecule has 1 aliphatic heterocycles. The summed E-state index contributed by atoms with van der Waals surface area (Å²) in [6.45, 7) is 6.72. The second-order valence-corrected chi connectivity index (χ2v) is 7.69. The largest absolute Gasteiger partial charge is 0.471 e. The number of rotatable bonds is 9. The fraction of sp³-hybridized carbons (Fsp3) is 0.455. The molecule has 2 aliphatic rings. The zero-order valence-corrected chi connectivity index (χ0v) is 17.1. The lowest BCUT2D eigenvalue weighted by atomic mass is 9.93. The average Bonchev–Trinajstić information content (AvgIpc) is 3.51. The fourth-order valence-corrected chi connectivity index (χ4v) is 3.17. The van der Waals surface area contributed by atoms with Crippen LogP contribution in [0.1, 0.15) is 30.9 Å². The van der Waals surface area contributed by atoms with Gasteiger partial charge in [0.25, 0.3) is 5.92 Å². The van der Waals surface area contributed by atoms with Gasteiger partial charge in [0.2, 0.25) is 5.88 Å². The Bertz CT molecular complexity index is 851. The Balaban J connectivity index is 1.65. The highest BCUT2D eigenvalue weighted by Crippen LogP contribution is 2.38. The molecule has 1 aromatic rings. The summed E-state index contributed by atoms with van der Waals surface area (Å²) in [6, 6.07) is 1.95. The summed E-state index contributed by atoms with van der Waals surface area (Å²) in [4.78, 5) is 8.73. The number of hydrogen-bond acceptors (Lipinski definition) is 5. The highest BCUT2D eigenvalue weighted by atomic mass is 19.3. The minimum absolute atomic E-state index is 0.0665. The number of alkyl halides is 2. The van der Waals surface area contributed by atoms with Crippen molar-refractivity contribution in [2.24, 2.45) is 10.9 Å². The van der Waals surface area contributed by atoms with E-state index >= 15 is 0 Å². The quantitative estimate of drug-likeness (QED) is 0.657. The van der Waals surface area contributed by atoms with Crippen molar-refractivity contribution in [3.63, 3.8) is 0 Å². The molecular weight excluding hydrogens is 374 g/mol. The van der Waals surface area contributed by atoms with Crippen LogP contribution in [0.25, 0.3) is 0 Å². The van der Waals surface area contributed by atoms with Crippen LogP contribution in [0.4, 0.5) is 8.78 Å². The van der Waals surface area contributed by atoms with Gasteiger partial charge in [-0.15, -0.1) is 0 Å². The molecule has 2 N–H and O–H groups in total. The smallest absolute Gasteiger partial charge is 0.278 e. The first-order valence-electron chi connectivity index (χ1n) is 9.79. The fourth-order valence-electron chi connectivity index (χ4n) is 3.17. The molecule has 0 radical (unpaired) electrons. The van der Waals surface area contributed by atoms with Crippen LogP contribution in [0.3, 0.4) is 0 Å². The monoisotopic (exact) mass is 402 g/mol. The van der Waals surface area contributed by atoms with Crippen LogP contribution < -0.4 is 15.4 Å². The van der Waals surface area contributed by atoms with E-state index in [1.807, 2.05) is 31.6 Å². The summed E-state index contributed by atoms with van der Waals surface area (Å²) in [5, 5.41) is 6.61. The topological polar surface area (TPSA) is 58.5 Å². The maximum absolute atomic E-state index is 13.0. The maximum atomic E-state index is 13.0. The van der Waals surface area contributed by atoms with Gasteiger partial charge >= 0.3 is 0 Å². The third-order valence-corrected chi connectivity index (χ3v) is 4.89. The number of aliphatic imine (C=N–C) groups is 1. The number of pyridine rings is 1. The molecule has 1 unspecified atom stereocenters. The number of allylic oxidation sites excluding steroid dienone is 1. The van der Waals surface area contributed by atoms with E-state index in [0.29, 0.717) is 12.5 Å². The summed E-state index contributed by atoms with van der Waals surface area (Å²) in [6.07, 6.45) is 9.79. The summed E-state index contributed by atoms with van der Waals surface area (Å²) in [5.41, 5.74) is 4.75. The van der Waals surface area contributed by atoms with Gasteiger partial charge in [-0.05, 0) is 56.0 Å². The summed E-state index contributed by atoms with van der Waals surface area (Å²) in [5.74, 6) is -2.12. The van der Waals surface area contributed by atoms with Crippen molar-refractivity contribution in [1.29, 1.82) is 0 Å². The van der Waals surface area contributed by atoms with E-state index in [2.05, 4.69) is 27.2 Å². The van der Waals surface area contributed by atoms with Crippen LogP contribution in [-0.4, -0.2) is 36.3 Å². The van der Waals surface area contributed by atoms with Gasteiger partial charge in [0.15, 0.2) is 6.61 Å². The first kappa shape index (κ1) is 21.2. The molecule has 1 saturated carbocycles. The van der Waals surface area contributed by atoms with Crippen LogP contribution in [-0.2, 0) is 6.54 Å². The highest BCUT2D eigenvalue weighted by molar-refractivity contribution is 6.14. The molecule has 1 aromatic heterocycles. The first-order chi connectivity index (χ1) is 13.8. The predicted molar refractivity (Wildman–Crippen MR) is 111 cm³/mol. The molecule has 1 fully saturated rings. The average molecular weight is 402 g/mol. The Labute approximate surface area is 170 Å². The molecule has 7 heteroatoms. The van der Waals surface area contributed by atoms with Crippen molar-refractivity contribution in [1.82, 2.24) is 15.6 Å². The van der Waals surface area contributed by atoms with Gasteiger partial charge in [0, 0.05) is 43.2 Å². The number of aromatic nitrogens is 1. The molecule has 156 valence electrons. The van der Waals surface area contributed by atoms with Crippen molar-refractivity contribution in [2.75, 3.05) is 13.7 Å². The standard InChI is InChI=1S/C22H28F2N4O/c1-14-9-16(11-28-21(14)29-13-22(3,23)24)10-26-12-18-19(25-4)7-8-27-20(18)15(2)17-5-6-17/h7-9,11-12,17,19,25-26H,2,5-6,10,13H2,1,3-4H3/b18-12+. The lowest BCUT2D eigenvalue weighted by Crippen LogP contribution is -2.33. The lowest BCUT2D eigenvalue weighted by Gasteiger charge is -2.23. The summed E-state index contributed by atoms with van der Waals surface area (Å²) < 4.78 is 31.1. The molecular formula is C22H28F2N4O. The number of likely N-dealkylation sites (N-methyl/N-ethyl adjacent to an activating group) is 1. The number of ether oxygens (including phenoxy) is 1. The SMILES string of the molecule is C=C(C1=NC=CC(NC)/C1=C\NCc1cnc(OCC(C)(F)F)c(C)c1)C1CC1. The Hall–Kier alpha value is -2.54. The summed E-state index contributed by atoms with van der Waals surface area (Å²) in [7, 11) is 1.91. The van der Waals surface area contributed by atoms with Crippen LogP contribution in [0.15, 0.2) is 53.5 Å². The molecule has 0 bridgehead atoms. The molecule has 0 spiro atoms. The molecule has 29 heavy (non-hydrogen) atoms. The van der Waals surface area contributed by atoms with Crippen molar-refractivity contribution in [3.05, 3.63) is 59.6 Å². The van der Waals surface area contributed by atoms with Gasteiger partial charge < -0.3 is 15.4 Å². The van der Waals surface area contributed by atoms with E-state index in [1.54, 1.807) is 13.1 Å².